The molecule has 2 aromatic carbocycles. The van der Waals surface area contributed by atoms with Crippen LogP contribution in [0.1, 0.15) is 0 Å². The molecule has 4 nitrogen and oxygen atoms in total. The van der Waals surface area contributed by atoms with Gasteiger partial charge in [-0.3, -0.25) is 9.97 Å². The third-order valence-corrected chi connectivity index (χ3v) is 3.91. The summed E-state index contributed by atoms with van der Waals surface area (Å²) in [4.78, 5) is 8.08. The molecule has 0 aliphatic rings. The molecule has 0 bridgehead atoms. The lowest BCUT2D eigenvalue weighted by Gasteiger charge is -2.03. The smallest absolute Gasteiger partial charge is 0.119 e. The summed E-state index contributed by atoms with van der Waals surface area (Å²) in [6.07, 6.45) is 7.11. The Hall–Kier alpha value is -3.66. The van der Waals surface area contributed by atoms with Crippen LogP contribution in [-0.2, 0) is 0 Å². The van der Waals surface area contributed by atoms with E-state index in [-0.39, 0.29) is 5.75 Å². The molecule has 0 spiro atoms. The van der Waals surface area contributed by atoms with Crippen molar-refractivity contribution >= 4 is 0 Å². The molecule has 4 heteroatoms. The molecule has 0 saturated heterocycles. The molecule has 4 rings (SSSR count). The molecule has 0 aliphatic heterocycles. The van der Waals surface area contributed by atoms with Crippen molar-refractivity contribution in [2.45, 2.75) is 0 Å². The van der Waals surface area contributed by atoms with Crippen molar-refractivity contribution in [3.63, 3.8) is 0 Å². The van der Waals surface area contributed by atoms with Gasteiger partial charge in [-0.05, 0) is 47.5 Å². The molecule has 2 heterocycles. The van der Waals surface area contributed by atoms with Gasteiger partial charge in [-0.25, -0.2) is 0 Å². The molecule has 134 valence electrons. The molecular weight excluding hydrogens is 336 g/mol. The zero-order valence-corrected chi connectivity index (χ0v) is 15.0. The minimum atomic E-state index is 0.279. The van der Waals surface area contributed by atoms with Gasteiger partial charge in [0.1, 0.15) is 11.5 Å². The second-order valence-corrected chi connectivity index (χ2v) is 5.77. The maximum Gasteiger partial charge on any atom is 0.119 e. The quantitative estimate of drug-likeness (QED) is 0.547. The van der Waals surface area contributed by atoms with E-state index in [4.69, 9.17) is 4.74 Å². The summed E-state index contributed by atoms with van der Waals surface area (Å²) < 4.78 is 5.16. The molecule has 0 atom stereocenters. The lowest BCUT2D eigenvalue weighted by atomic mass is 10.1. The van der Waals surface area contributed by atoms with Gasteiger partial charge in [-0.2, -0.15) is 0 Å². The Morgan fingerprint density at radius 1 is 0.667 bits per heavy atom. The first kappa shape index (κ1) is 18.1. The summed E-state index contributed by atoms with van der Waals surface area (Å²) in [6, 6.07) is 22.9. The van der Waals surface area contributed by atoms with Crippen molar-refractivity contribution in [1.82, 2.24) is 9.97 Å². The van der Waals surface area contributed by atoms with Crippen molar-refractivity contribution < 1.29 is 9.84 Å². The van der Waals surface area contributed by atoms with Crippen LogP contribution < -0.4 is 4.74 Å². The van der Waals surface area contributed by atoms with Crippen molar-refractivity contribution in [2.24, 2.45) is 0 Å². The third kappa shape index (κ3) is 5.16. The number of pyridine rings is 2. The Morgan fingerprint density at radius 2 is 1.22 bits per heavy atom. The maximum absolute atomic E-state index is 9.25. The van der Waals surface area contributed by atoms with Crippen LogP contribution in [0.4, 0.5) is 0 Å². The van der Waals surface area contributed by atoms with Crippen molar-refractivity contribution in [3.05, 3.63) is 97.6 Å². The van der Waals surface area contributed by atoms with Crippen LogP contribution in [0.25, 0.3) is 22.3 Å². The van der Waals surface area contributed by atoms with E-state index in [1.807, 2.05) is 66.9 Å². The van der Waals surface area contributed by atoms with E-state index in [0.29, 0.717) is 0 Å². The van der Waals surface area contributed by atoms with E-state index >= 15 is 0 Å². The fraction of sp³-hybridized carbons (Fsp3) is 0.0435. The molecule has 0 saturated carbocycles. The number of phenols is 1. The van der Waals surface area contributed by atoms with E-state index in [1.54, 1.807) is 37.8 Å². The van der Waals surface area contributed by atoms with Gasteiger partial charge >= 0.3 is 0 Å². The molecular formula is C23H20N2O2. The maximum atomic E-state index is 9.25. The molecule has 1 N–H and O–H groups in total. The van der Waals surface area contributed by atoms with Gasteiger partial charge in [0.2, 0.25) is 0 Å². The standard InChI is InChI=1S/C12H11NO.C11H9NO/c1-14-12-6-2-4-10(8-12)11-5-3-7-13-9-11;13-11-5-1-3-9(7-11)10-4-2-6-12-8-10/h2-9H,1H3;1-8,13H. The second kappa shape index (κ2) is 9.15. The van der Waals surface area contributed by atoms with Crippen LogP contribution in [0.2, 0.25) is 0 Å². The summed E-state index contributed by atoms with van der Waals surface area (Å²) >= 11 is 0. The average molecular weight is 356 g/mol. The molecule has 0 radical (unpaired) electrons. The second-order valence-electron chi connectivity index (χ2n) is 5.77. The highest BCUT2D eigenvalue weighted by atomic mass is 16.5. The van der Waals surface area contributed by atoms with Gasteiger partial charge < -0.3 is 9.84 Å². The summed E-state index contributed by atoms with van der Waals surface area (Å²) in [5, 5.41) is 9.25. The van der Waals surface area contributed by atoms with Gasteiger partial charge in [0.15, 0.2) is 0 Å². The molecule has 0 unspecified atom stereocenters. The average Bonchev–Trinajstić information content (AvgIpc) is 2.75. The SMILES string of the molecule is COc1cccc(-c2cccnc2)c1.Oc1cccc(-c2cccnc2)c1. The normalized spacial score (nSPS) is 9.81. The van der Waals surface area contributed by atoms with Gasteiger partial charge in [-0.1, -0.05) is 36.4 Å². The number of nitrogens with zero attached hydrogens (tertiary/aromatic N) is 2. The number of benzene rings is 2. The Bertz CT molecular complexity index is 974. The molecule has 0 amide bonds. The summed E-state index contributed by atoms with van der Waals surface area (Å²) in [7, 11) is 1.67. The number of phenolic OH excluding ortho intramolecular Hbond substituents is 1. The van der Waals surface area contributed by atoms with Crippen molar-refractivity contribution in [1.29, 1.82) is 0 Å². The summed E-state index contributed by atoms with van der Waals surface area (Å²) in [5.74, 6) is 1.15. The minimum absolute atomic E-state index is 0.279. The van der Waals surface area contributed by atoms with Crippen LogP contribution in [0.3, 0.4) is 0 Å². The monoisotopic (exact) mass is 356 g/mol. The lowest BCUT2D eigenvalue weighted by Crippen LogP contribution is -1.83. The highest BCUT2D eigenvalue weighted by molar-refractivity contribution is 5.64. The van der Waals surface area contributed by atoms with Crippen LogP contribution in [0.5, 0.6) is 11.5 Å². The van der Waals surface area contributed by atoms with E-state index in [1.165, 1.54) is 0 Å². The fourth-order valence-electron chi connectivity index (χ4n) is 2.56. The lowest BCUT2D eigenvalue weighted by molar-refractivity contribution is 0.415. The highest BCUT2D eigenvalue weighted by Gasteiger charge is 1.98. The molecule has 2 aromatic heterocycles. The first-order valence-corrected chi connectivity index (χ1v) is 8.50. The van der Waals surface area contributed by atoms with Gasteiger partial charge in [0.25, 0.3) is 0 Å². The van der Waals surface area contributed by atoms with E-state index in [9.17, 15) is 5.11 Å². The molecule has 0 aliphatic carbocycles. The van der Waals surface area contributed by atoms with Gasteiger partial charge in [-0.15, -0.1) is 0 Å². The number of hydrogen-bond acceptors (Lipinski definition) is 4. The Balaban J connectivity index is 0.000000156. The number of aromatic nitrogens is 2. The zero-order chi connectivity index (χ0) is 18.9. The van der Waals surface area contributed by atoms with Crippen molar-refractivity contribution in [3.8, 4) is 33.8 Å². The highest BCUT2D eigenvalue weighted by Crippen LogP contribution is 2.23. The number of ether oxygens (including phenoxy) is 1. The molecule has 4 aromatic rings. The first-order valence-electron chi connectivity index (χ1n) is 8.50. The topological polar surface area (TPSA) is 55.2 Å². The van der Waals surface area contributed by atoms with Crippen LogP contribution in [0.15, 0.2) is 97.6 Å². The van der Waals surface area contributed by atoms with Crippen LogP contribution in [0, 0.1) is 0 Å². The number of methoxy groups -OCH3 is 1. The zero-order valence-electron chi connectivity index (χ0n) is 15.0. The third-order valence-electron chi connectivity index (χ3n) is 3.91. The van der Waals surface area contributed by atoms with E-state index in [0.717, 1.165) is 28.0 Å². The van der Waals surface area contributed by atoms with E-state index < -0.39 is 0 Å². The van der Waals surface area contributed by atoms with Crippen LogP contribution >= 0.6 is 0 Å². The Kier molecular flexibility index (Phi) is 6.15. The Morgan fingerprint density at radius 3 is 1.74 bits per heavy atom. The van der Waals surface area contributed by atoms with Crippen molar-refractivity contribution in [2.75, 3.05) is 7.11 Å². The number of rotatable bonds is 3. The predicted octanol–water partition coefficient (Wildman–Crippen LogP) is 5.21. The largest absolute Gasteiger partial charge is 0.508 e. The van der Waals surface area contributed by atoms with E-state index in [2.05, 4.69) is 9.97 Å². The summed E-state index contributed by atoms with van der Waals surface area (Å²) in [6.45, 7) is 0. The predicted molar refractivity (Wildman–Crippen MR) is 108 cm³/mol. The Labute approximate surface area is 158 Å². The van der Waals surface area contributed by atoms with Gasteiger partial charge in [0, 0.05) is 35.9 Å². The first-order chi connectivity index (χ1) is 13.3. The fourth-order valence-corrected chi connectivity index (χ4v) is 2.56. The van der Waals surface area contributed by atoms with Gasteiger partial charge in [0.05, 0.1) is 7.11 Å². The van der Waals surface area contributed by atoms with Crippen LogP contribution in [-0.4, -0.2) is 22.2 Å². The molecule has 0 fully saturated rings. The summed E-state index contributed by atoms with van der Waals surface area (Å²) in [5.41, 5.74) is 4.22. The number of hydrogen-bond donors (Lipinski definition) is 1. The molecule has 27 heavy (non-hydrogen) atoms. The number of aromatic hydroxyl groups is 1. The minimum Gasteiger partial charge on any atom is -0.508 e.